The van der Waals surface area contributed by atoms with E-state index >= 15 is 0 Å². The number of ether oxygens (including phenoxy) is 1. The number of halogens is 1. The highest BCUT2D eigenvalue weighted by Gasteiger charge is 2.28. The quantitative estimate of drug-likeness (QED) is 0.776. The Hall–Kier alpha value is -1.40. The SMILES string of the molecule is Cc1nnc2c(N3CC(CCl)OCC3C)nccn12. The second-order valence-electron chi connectivity index (χ2n) is 4.80. The first kappa shape index (κ1) is 12.6. The van der Waals surface area contributed by atoms with Crippen molar-refractivity contribution >= 4 is 23.1 Å². The highest BCUT2D eigenvalue weighted by Crippen LogP contribution is 2.23. The Morgan fingerprint density at radius 3 is 3.11 bits per heavy atom. The summed E-state index contributed by atoms with van der Waals surface area (Å²) in [6.45, 7) is 5.41. The Balaban J connectivity index is 2.02. The van der Waals surface area contributed by atoms with Crippen LogP contribution in [-0.4, -0.2) is 50.8 Å². The largest absolute Gasteiger partial charge is 0.373 e. The first-order chi connectivity index (χ1) is 9.20. The van der Waals surface area contributed by atoms with E-state index in [0.29, 0.717) is 12.5 Å². The Labute approximate surface area is 116 Å². The number of aryl methyl sites for hydroxylation is 1. The molecule has 3 heterocycles. The van der Waals surface area contributed by atoms with Crippen LogP contribution >= 0.6 is 11.6 Å². The summed E-state index contributed by atoms with van der Waals surface area (Å²) < 4.78 is 7.61. The third-order valence-electron chi connectivity index (χ3n) is 3.43. The van der Waals surface area contributed by atoms with Gasteiger partial charge in [0, 0.05) is 18.9 Å². The van der Waals surface area contributed by atoms with Crippen LogP contribution in [-0.2, 0) is 4.74 Å². The minimum atomic E-state index is 0.0314. The van der Waals surface area contributed by atoms with Crippen LogP contribution < -0.4 is 4.90 Å². The van der Waals surface area contributed by atoms with Crippen molar-refractivity contribution in [2.75, 3.05) is 23.9 Å². The van der Waals surface area contributed by atoms with Gasteiger partial charge < -0.3 is 9.64 Å². The topological polar surface area (TPSA) is 55.5 Å². The molecule has 0 saturated carbocycles. The van der Waals surface area contributed by atoms with E-state index in [1.807, 2.05) is 17.5 Å². The zero-order chi connectivity index (χ0) is 13.4. The van der Waals surface area contributed by atoms with E-state index in [0.717, 1.165) is 23.8 Å². The van der Waals surface area contributed by atoms with Gasteiger partial charge in [0.25, 0.3) is 0 Å². The second kappa shape index (κ2) is 4.94. The van der Waals surface area contributed by atoms with Gasteiger partial charge in [0.2, 0.25) is 5.65 Å². The fraction of sp³-hybridized carbons (Fsp3) is 0.583. The smallest absolute Gasteiger partial charge is 0.203 e. The molecule has 0 spiro atoms. The van der Waals surface area contributed by atoms with E-state index in [9.17, 15) is 0 Å². The van der Waals surface area contributed by atoms with Crippen LogP contribution in [0.25, 0.3) is 5.65 Å². The molecular weight excluding hydrogens is 266 g/mol. The number of hydrogen-bond acceptors (Lipinski definition) is 5. The summed E-state index contributed by atoms with van der Waals surface area (Å²) in [6.07, 6.45) is 3.68. The van der Waals surface area contributed by atoms with Crippen molar-refractivity contribution in [3.8, 4) is 0 Å². The van der Waals surface area contributed by atoms with Crippen LogP contribution in [0.1, 0.15) is 12.7 Å². The molecule has 0 aromatic carbocycles. The third-order valence-corrected chi connectivity index (χ3v) is 3.77. The Bertz CT molecular complexity index is 587. The van der Waals surface area contributed by atoms with Crippen LogP contribution in [0.15, 0.2) is 12.4 Å². The number of morpholine rings is 1. The number of anilines is 1. The van der Waals surface area contributed by atoms with Crippen LogP contribution in [0.4, 0.5) is 5.82 Å². The molecule has 2 aromatic heterocycles. The summed E-state index contributed by atoms with van der Waals surface area (Å²) >= 11 is 5.90. The molecule has 3 rings (SSSR count). The lowest BCUT2D eigenvalue weighted by Crippen LogP contribution is -2.49. The van der Waals surface area contributed by atoms with Crippen molar-refractivity contribution in [2.24, 2.45) is 0 Å². The zero-order valence-corrected chi connectivity index (χ0v) is 11.7. The van der Waals surface area contributed by atoms with Crippen molar-refractivity contribution in [3.05, 3.63) is 18.2 Å². The van der Waals surface area contributed by atoms with Gasteiger partial charge in [-0.2, -0.15) is 0 Å². The van der Waals surface area contributed by atoms with E-state index in [1.165, 1.54) is 0 Å². The molecule has 0 amide bonds. The molecule has 1 fully saturated rings. The Kier molecular flexibility index (Phi) is 3.28. The van der Waals surface area contributed by atoms with Crippen molar-refractivity contribution in [1.29, 1.82) is 0 Å². The average molecular weight is 282 g/mol. The molecule has 7 heteroatoms. The minimum absolute atomic E-state index is 0.0314. The summed E-state index contributed by atoms with van der Waals surface area (Å²) in [5.41, 5.74) is 0.780. The van der Waals surface area contributed by atoms with Crippen molar-refractivity contribution in [2.45, 2.75) is 26.0 Å². The van der Waals surface area contributed by atoms with E-state index in [1.54, 1.807) is 6.20 Å². The minimum Gasteiger partial charge on any atom is -0.373 e. The van der Waals surface area contributed by atoms with Gasteiger partial charge in [-0.15, -0.1) is 21.8 Å². The van der Waals surface area contributed by atoms with Crippen LogP contribution in [0.2, 0.25) is 0 Å². The van der Waals surface area contributed by atoms with Crippen LogP contribution in [0, 0.1) is 6.92 Å². The van der Waals surface area contributed by atoms with Crippen molar-refractivity contribution in [3.63, 3.8) is 0 Å². The van der Waals surface area contributed by atoms with E-state index < -0.39 is 0 Å². The van der Waals surface area contributed by atoms with E-state index in [2.05, 4.69) is 27.0 Å². The first-order valence-electron chi connectivity index (χ1n) is 6.31. The van der Waals surface area contributed by atoms with Gasteiger partial charge in [-0.25, -0.2) is 4.98 Å². The van der Waals surface area contributed by atoms with Gasteiger partial charge in [-0.05, 0) is 13.8 Å². The lowest BCUT2D eigenvalue weighted by atomic mass is 10.2. The maximum atomic E-state index is 5.90. The summed E-state index contributed by atoms with van der Waals surface area (Å²) in [5.74, 6) is 2.18. The zero-order valence-electron chi connectivity index (χ0n) is 11.0. The number of alkyl halides is 1. The predicted octanol–water partition coefficient (Wildman–Crippen LogP) is 1.27. The molecule has 19 heavy (non-hydrogen) atoms. The van der Waals surface area contributed by atoms with E-state index in [4.69, 9.17) is 16.3 Å². The molecule has 0 aliphatic carbocycles. The summed E-state index contributed by atoms with van der Waals surface area (Å²) in [4.78, 5) is 6.66. The van der Waals surface area contributed by atoms with Gasteiger partial charge in [-0.3, -0.25) is 4.40 Å². The fourth-order valence-electron chi connectivity index (χ4n) is 2.34. The number of hydrogen-bond donors (Lipinski definition) is 0. The van der Waals surface area contributed by atoms with Gasteiger partial charge >= 0.3 is 0 Å². The van der Waals surface area contributed by atoms with Crippen LogP contribution in [0.5, 0.6) is 0 Å². The standard InChI is InChI=1S/C12H16ClN5O/c1-8-7-19-10(5-13)6-18(8)11-12-16-15-9(2)17(12)4-3-14-11/h3-4,8,10H,5-7H2,1-2H3. The monoisotopic (exact) mass is 281 g/mol. The molecule has 0 bridgehead atoms. The fourth-order valence-corrected chi connectivity index (χ4v) is 2.52. The lowest BCUT2D eigenvalue weighted by molar-refractivity contribution is 0.0362. The molecule has 0 radical (unpaired) electrons. The average Bonchev–Trinajstić information content (AvgIpc) is 2.81. The van der Waals surface area contributed by atoms with Gasteiger partial charge in [0.15, 0.2) is 5.82 Å². The second-order valence-corrected chi connectivity index (χ2v) is 5.11. The summed E-state index contributed by atoms with van der Waals surface area (Å²) in [5, 5.41) is 8.32. The predicted molar refractivity (Wildman–Crippen MR) is 72.8 cm³/mol. The number of rotatable bonds is 2. The van der Waals surface area contributed by atoms with Crippen molar-refractivity contribution in [1.82, 2.24) is 19.6 Å². The number of fused-ring (bicyclic) bond motifs is 1. The van der Waals surface area contributed by atoms with Crippen molar-refractivity contribution < 1.29 is 4.74 Å². The number of nitrogens with zero attached hydrogens (tertiary/aromatic N) is 5. The van der Waals surface area contributed by atoms with Gasteiger partial charge in [0.1, 0.15) is 5.82 Å². The summed E-state index contributed by atoms with van der Waals surface area (Å²) in [6, 6.07) is 0.246. The molecule has 1 saturated heterocycles. The van der Waals surface area contributed by atoms with E-state index in [-0.39, 0.29) is 12.1 Å². The molecule has 0 N–H and O–H groups in total. The molecule has 1 aliphatic heterocycles. The highest BCUT2D eigenvalue weighted by atomic mass is 35.5. The Morgan fingerprint density at radius 2 is 2.32 bits per heavy atom. The van der Waals surface area contributed by atoms with Gasteiger partial charge in [-0.1, -0.05) is 0 Å². The molecule has 2 aromatic rings. The first-order valence-corrected chi connectivity index (χ1v) is 6.84. The lowest BCUT2D eigenvalue weighted by Gasteiger charge is -2.38. The molecule has 102 valence electrons. The Morgan fingerprint density at radius 1 is 1.47 bits per heavy atom. The molecular formula is C12H16ClN5O. The number of aromatic nitrogens is 4. The maximum Gasteiger partial charge on any atom is 0.203 e. The molecule has 2 atom stereocenters. The summed E-state index contributed by atoms with van der Waals surface area (Å²) in [7, 11) is 0. The molecule has 1 aliphatic rings. The van der Waals surface area contributed by atoms with Crippen LogP contribution in [0.3, 0.4) is 0 Å². The normalized spacial score (nSPS) is 24.1. The van der Waals surface area contributed by atoms with Gasteiger partial charge in [0.05, 0.1) is 24.6 Å². The highest BCUT2D eigenvalue weighted by molar-refractivity contribution is 6.18. The maximum absolute atomic E-state index is 5.90. The molecule has 6 nitrogen and oxygen atoms in total. The molecule has 2 unspecified atom stereocenters. The third kappa shape index (κ3) is 2.15.